The Bertz CT molecular complexity index is 709. The van der Waals surface area contributed by atoms with Crippen LogP contribution in [0, 0.1) is 0 Å². The normalized spacial score (nSPS) is 15.3. The number of nitrogens with zero attached hydrogens (tertiary/aromatic N) is 5. The van der Waals surface area contributed by atoms with Gasteiger partial charge in [0.15, 0.2) is 17.3 Å². The lowest BCUT2D eigenvalue weighted by Gasteiger charge is -2.28. The average Bonchev–Trinajstić information content (AvgIpc) is 2.56. The van der Waals surface area contributed by atoms with E-state index in [1.165, 1.54) is 6.42 Å². The molecule has 2 aromatic rings. The molecule has 0 bridgehead atoms. The van der Waals surface area contributed by atoms with Crippen LogP contribution in [-0.2, 0) is 0 Å². The molecular formula is C15H18ClN7. The van der Waals surface area contributed by atoms with Crippen molar-refractivity contribution in [3.8, 4) is 0 Å². The highest BCUT2D eigenvalue weighted by atomic mass is 35.5. The van der Waals surface area contributed by atoms with Crippen molar-refractivity contribution in [2.45, 2.75) is 19.3 Å². The molecule has 2 heterocycles. The second-order valence-corrected chi connectivity index (χ2v) is 5.80. The molecular weight excluding hydrogens is 314 g/mol. The molecule has 23 heavy (non-hydrogen) atoms. The number of hydrogen-bond donors (Lipinski definition) is 2. The first-order valence-corrected chi connectivity index (χ1v) is 7.86. The van der Waals surface area contributed by atoms with E-state index in [9.17, 15) is 0 Å². The van der Waals surface area contributed by atoms with Crippen LogP contribution >= 0.6 is 11.6 Å². The summed E-state index contributed by atoms with van der Waals surface area (Å²) in [6.45, 7) is 1.80. The first kappa shape index (κ1) is 15.5. The Morgan fingerprint density at radius 1 is 0.957 bits per heavy atom. The number of rotatable bonds is 3. The van der Waals surface area contributed by atoms with Gasteiger partial charge in [-0.3, -0.25) is 0 Å². The molecule has 0 spiro atoms. The second kappa shape index (κ2) is 6.78. The predicted molar refractivity (Wildman–Crippen MR) is 92.5 cm³/mol. The number of aromatic nitrogens is 2. The monoisotopic (exact) mass is 331 g/mol. The summed E-state index contributed by atoms with van der Waals surface area (Å²) < 4.78 is 0. The third-order valence-corrected chi connectivity index (χ3v) is 3.91. The van der Waals surface area contributed by atoms with E-state index < -0.39 is 0 Å². The van der Waals surface area contributed by atoms with E-state index in [0.29, 0.717) is 22.2 Å². The van der Waals surface area contributed by atoms with Crippen LogP contribution in [0.15, 0.2) is 34.5 Å². The number of nitrogen functional groups attached to an aromatic ring is 2. The number of nitrogens with two attached hydrogens (primary N) is 2. The van der Waals surface area contributed by atoms with Crippen molar-refractivity contribution in [3.63, 3.8) is 0 Å². The molecule has 1 aliphatic rings. The summed E-state index contributed by atoms with van der Waals surface area (Å²) in [6.07, 6.45) is 3.43. The lowest BCUT2D eigenvalue weighted by Crippen LogP contribution is -2.30. The van der Waals surface area contributed by atoms with E-state index in [1.807, 2.05) is 0 Å². The number of benzene rings is 1. The molecule has 8 heteroatoms. The molecule has 0 amide bonds. The summed E-state index contributed by atoms with van der Waals surface area (Å²) in [4.78, 5) is 10.5. The summed E-state index contributed by atoms with van der Waals surface area (Å²) in [5.74, 6) is 1.02. The number of hydrogen-bond acceptors (Lipinski definition) is 7. The molecule has 3 rings (SSSR count). The maximum absolute atomic E-state index is 5.98. The van der Waals surface area contributed by atoms with E-state index in [-0.39, 0.29) is 11.8 Å². The molecule has 0 unspecified atom stereocenters. The van der Waals surface area contributed by atoms with Crippen molar-refractivity contribution < 1.29 is 0 Å². The third-order valence-electron chi connectivity index (χ3n) is 3.66. The molecule has 120 valence electrons. The van der Waals surface area contributed by atoms with Gasteiger partial charge in [-0.15, -0.1) is 5.11 Å². The fourth-order valence-electron chi connectivity index (χ4n) is 2.51. The maximum atomic E-state index is 5.98. The molecule has 0 radical (unpaired) electrons. The molecule has 1 aromatic carbocycles. The van der Waals surface area contributed by atoms with Crippen molar-refractivity contribution >= 4 is 40.6 Å². The molecule has 1 saturated heterocycles. The van der Waals surface area contributed by atoms with Crippen LogP contribution in [0.25, 0.3) is 0 Å². The van der Waals surface area contributed by atoms with Crippen LogP contribution < -0.4 is 16.4 Å². The molecule has 1 aliphatic heterocycles. The smallest absolute Gasteiger partial charge is 0.224 e. The molecule has 1 aromatic heterocycles. The van der Waals surface area contributed by atoms with Crippen molar-refractivity contribution in [1.82, 2.24) is 9.97 Å². The van der Waals surface area contributed by atoms with Gasteiger partial charge in [0.05, 0.1) is 5.69 Å². The lowest BCUT2D eigenvalue weighted by atomic mass is 10.1. The van der Waals surface area contributed by atoms with Crippen molar-refractivity contribution in [2.75, 3.05) is 29.5 Å². The second-order valence-electron chi connectivity index (χ2n) is 5.36. The minimum Gasteiger partial charge on any atom is -0.382 e. The minimum absolute atomic E-state index is 0.147. The van der Waals surface area contributed by atoms with Crippen LogP contribution in [0.4, 0.5) is 29.0 Å². The Kier molecular flexibility index (Phi) is 4.57. The Labute approximate surface area is 139 Å². The Morgan fingerprint density at radius 2 is 1.65 bits per heavy atom. The van der Waals surface area contributed by atoms with Crippen LogP contribution in [0.2, 0.25) is 5.02 Å². The van der Waals surface area contributed by atoms with Crippen LogP contribution in [-0.4, -0.2) is 23.1 Å². The fourth-order valence-corrected chi connectivity index (χ4v) is 2.64. The highest BCUT2D eigenvalue weighted by Gasteiger charge is 2.19. The number of halogens is 1. The van der Waals surface area contributed by atoms with E-state index in [4.69, 9.17) is 23.1 Å². The van der Waals surface area contributed by atoms with Gasteiger partial charge >= 0.3 is 0 Å². The van der Waals surface area contributed by atoms with Gasteiger partial charge < -0.3 is 16.4 Å². The minimum atomic E-state index is 0.147. The van der Waals surface area contributed by atoms with Gasteiger partial charge in [-0.2, -0.15) is 15.1 Å². The van der Waals surface area contributed by atoms with Gasteiger partial charge in [-0.05, 0) is 43.5 Å². The Morgan fingerprint density at radius 3 is 2.35 bits per heavy atom. The predicted octanol–water partition coefficient (Wildman–Crippen LogP) is 3.70. The van der Waals surface area contributed by atoms with Gasteiger partial charge in [0.2, 0.25) is 5.95 Å². The van der Waals surface area contributed by atoms with Crippen LogP contribution in [0.5, 0.6) is 0 Å². The highest BCUT2D eigenvalue weighted by molar-refractivity contribution is 6.30. The first-order valence-electron chi connectivity index (χ1n) is 7.49. The summed E-state index contributed by atoms with van der Waals surface area (Å²) >= 11 is 5.87. The summed E-state index contributed by atoms with van der Waals surface area (Å²) in [5.41, 5.74) is 12.9. The van der Waals surface area contributed by atoms with Crippen molar-refractivity contribution in [1.29, 1.82) is 0 Å². The molecule has 4 N–H and O–H groups in total. The van der Waals surface area contributed by atoms with Gasteiger partial charge in [0.25, 0.3) is 0 Å². The van der Waals surface area contributed by atoms with Gasteiger partial charge in [-0.1, -0.05) is 11.6 Å². The van der Waals surface area contributed by atoms with Gasteiger partial charge in [0.1, 0.15) is 0 Å². The quantitative estimate of drug-likeness (QED) is 0.834. The van der Waals surface area contributed by atoms with Crippen LogP contribution in [0.3, 0.4) is 0 Å². The average molecular weight is 332 g/mol. The number of anilines is 3. The van der Waals surface area contributed by atoms with Crippen molar-refractivity contribution in [2.24, 2.45) is 10.2 Å². The van der Waals surface area contributed by atoms with E-state index >= 15 is 0 Å². The molecule has 0 aliphatic carbocycles. The molecule has 7 nitrogen and oxygen atoms in total. The zero-order valence-electron chi connectivity index (χ0n) is 12.6. The Balaban J connectivity index is 1.95. The zero-order chi connectivity index (χ0) is 16.2. The maximum Gasteiger partial charge on any atom is 0.224 e. The van der Waals surface area contributed by atoms with Crippen molar-refractivity contribution in [3.05, 3.63) is 29.3 Å². The standard InChI is InChI=1S/C15H18ClN7/c16-10-4-6-11(7-5-10)21-22-12-13(17)19-15(18)20-14(12)23-8-2-1-3-9-23/h4-7H,1-3,8-9H2,(H4,17,18,19,20). The first-order chi connectivity index (χ1) is 11.1. The highest BCUT2D eigenvalue weighted by Crippen LogP contribution is 2.35. The van der Waals surface area contributed by atoms with E-state index in [1.54, 1.807) is 24.3 Å². The SMILES string of the molecule is Nc1nc(N)c(N=Nc2ccc(Cl)cc2)c(N2CCCCC2)n1. The van der Waals surface area contributed by atoms with E-state index in [2.05, 4.69) is 25.1 Å². The van der Waals surface area contributed by atoms with Gasteiger partial charge in [0, 0.05) is 18.1 Å². The third kappa shape index (κ3) is 3.68. The summed E-state index contributed by atoms with van der Waals surface area (Å²) in [6, 6.07) is 7.07. The topological polar surface area (TPSA) is 106 Å². The number of piperidine rings is 1. The Hall–Kier alpha value is -2.41. The van der Waals surface area contributed by atoms with Gasteiger partial charge in [-0.25, -0.2) is 0 Å². The molecule has 1 fully saturated rings. The summed E-state index contributed by atoms with van der Waals surface area (Å²) in [5, 5.41) is 9.11. The summed E-state index contributed by atoms with van der Waals surface area (Å²) in [7, 11) is 0. The largest absolute Gasteiger partial charge is 0.382 e. The zero-order valence-corrected chi connectivity index (χ0v) is 13.4. The molecule has 0 saturated carbocycles. The fraction of sp³-hybridized carbons (Fsp3) is 0.333. The molecule has 0 atom stereocenters. The van der Waals surface area contributed by atoms with Crippen LogP contribution in [0.1, 0.15) is 19.3 Å². The number of azo groups is 1. The lowest BCUT2D eigenvalue weighted by molar-refractivity contribution is 0.573. The van der Waals surface area contributed by atoms with E-state index in [0.717, 1.165) is 25.9 Å².